The normalized spacial score (nSPS) is 23.5. The molecule has 27 heteroatoms. The zero-order valence-corrected chi connectivity index (χ0v) is 73.7. The average molecular weight is 1670 g/mol. The molecule has 6 N–H and O–H groups in total. The van der Waals surface area contributed by atoms with E-state index >= 15 is 0 Å². The van der Waals surface area contributed by atoms with E-state index in [2.05, 4.69) is 111 Å². The summed E-state index contributed by atoms with van der Waals surface area (Å²) in [7, 11) is -1.65. The van der Waals surface area contributed by atoms with Gasteiger partial charge in [-0.3, -0.25) is 29.1 Å². The minimum absolute atomic E-state index is 0.0940. The molecular weight excluding hydrogens is 1520 g/mol. The molecule has 0 spiro atoms. The van der Waals surface area contributed by atoms with Gasteiger partial charge in [0.05, 0.1) is 28.6 Å². The summed E-state index contributed by atoms with van der Waals surface area (Å²) in [5.41, 5.74) is 7.52. The maximum Gasteiger partial charge on any atom is 0.240 e. The highest BCUT2D eigenvalue weighted by molar-refractivity contribution is 8.17. The summed E-state index contributed by atoms with van der Waals surface area (Å²) < 4.78 is 37.6. The van der Waals surface area contributed by atoms with E-state index in [4.69, 9.17) is 14.3 Å². The van der Waals surface area contributed by atoms with Gasteiger partial charge in [-0.1, -0.05) is 236 Å². The number of hydroxylamine groups is 1. The van der Waals surface area contributed by atoms with Crippen LogP contribution in [0.4, 0.5) is 0 Å². The van der Waals surface area contributed by atoms with Crippen LogP contribution in [0.2, 0.25) is 0 Å². The van der Waals surface area contributed by atoms with Crippen molar-refractivity contribution < 1.29 is 37.1 Å². The Morgan fingerprint density at radius 3 is 1.30 bits per heavy atom. The molecule has 17 rings (SSSR count). The monoisotopic (exact) mass is 1670 g/mol. The minimum Gasteiger partial charge on any atom is -0.474 e. The van der Waals surface area contributed by atoms with Crippen molar-refractivity contribution in [3.63, 3.8) is 0 Å². The molecule has 23 nitrogen and oxygen atoms in total. The van der Waals surface area contributed by atoms with Gasteiger partial charge < -0.3 is 24.4 Å². The fourth-order valence-electron chi connectivity index (χ4n) is 17.7. The first-order valence-electron chi connectivity index (χ1n) is 44.5. The number of sulfonamides is 1. The number of tetrazole rings is 1. The van der Waals surface area contributed by atoms with Crippen LogP contribution in [-0.2, 0) is 38.7 Å². The van der Waals surface area contributed by atoms with Crippen molar-refractivity contribution in [1.29, 1.82) is 0 Å². The highest BCUT2D eigenvalue weighted by atomic mass is 32.2. The summed E-state index contributed by atoms with van der Waals surface area (Å²) in [5, 5.41) is 24.5. The Morgan fingerprint density at radius 1 is 0.487 bits per heavy atom. The molecule has 7 heterocycles. The molecule has 16 aliphatic rings. The lowest BCUT2D eigenvalue weighted by molar-refractivity contribution is -0.125. The third-order valence-electron chi connectivity index (χ3n) is 24.3. The Labute approximate surface area is 703 Å². The first kappa shape index (κ1) is 94.4. The molecule has 0 radical (unpaired) electrons. The van der Waals surface area contributed by atoms with Crippen molar-refractivity contribution in [2.75, 3.05) is 32.2 Å². The van der Waals surface area contributed by atoms with E-state index in [1.165, 1.54) is 284 Å². The Kier molecular flexibility index (Phi) is 43.9. The molecule has 115 heavy (non-hydrogen) atoms. The molecule has 1 aromatic heterocycles. The molecule has 10 aliphatic carbocycles. The number of carbonyl (C=O) groups excluding carboxylic acids is 3. The number of nitrogens with one attached hydrogen (secondary N) is 6. The van der Waals surface area contributed by atoms with Crippen LogP contribution in [0.15, 0.2) is 103 Å². The number of ether oxygens (including phenoxy) is 2. The number of aromatic nitrogens is 4. The van der Waals surface area contributed by atoms with Crippen LogP contribution in [0.25, 0.3) is 0 Å². The van der Waals surface area contributed by atoms with Crippen molar-refractivity contribution in [2.24, 2.45) is 83.3 Å². The maximum atomic E-state index is 11.3. The molecule has 0 atom stereocenters. The number of nitrogens with zero attached hydrogens (tertiary/aromatic N) is 9. The first-order chi connectivity index (χ1) is 55.8. The number of aliphatic imine (C=N–C) groups is 5. The van der Waals surface area contributed by atoms with Crippen LogP contribution in [0.3, 0.4) is 0 Å². The number of aromatic amines is 1. The SMILES string of the molecule is C1CCC(c2nn[nH]n2)CC1.C=C1CN=C(C2CCCCC2)S1.C=C1COC(C2CCCCC2)=N1.C=C1CSC(C2CCCCC2)=N1.C=C1N=C(C2CCCCC2)NO1.C=C1N=C(C2CCCCC2)NS1.C=C1NN=C(C2CCCCC2)O1.CC(=O)C1CCCCC1.CNC(=O)C1CCCCC1.CS(=O)(=O)NC(=O)C1CCCCC1. The molecular formula is C88H143N15O8S4. The standard InChI is InChI=1S/C10H15NO.2C10H15NS.2C9H14N2O.C9H14N2S.C8H15NO3S.C8H15NO.C8H14O.C7H12N4/c2*1-8-7-12-10(11-8)9-5-3-2-4-6-9;1-8-7-11-10(12-8)9-5-3-2-4-6-9;1-7-10-11-9(12-7)8-5-3-2-4-6-8;2*1-7-10-9(11-12-7)8-5-3-2-4-6-8;1-13(11,12)9-8(10)7-5-3-2-4-6-7;1-9-8(10)7-5-3-2-4-6-7;1-7(9)8-5-3-2-4-6-8;1-2-4-6(5-3-1)7-8-10-11-9-7/h3*9H,1-7H2;8,10H,1-6H2;2*8H,1-6H2,(H,10,11);7H,2-6H2,1H3,(H,9,10);7H,2-6H2,1H3,(H,9,10);8H,2-6H2,1H3;6H,1-5H2,(H,8,9,10,11). The number of carbonyl (C=O) groups is 3. The van der Waals surface area contributed by atoms with Crippen LogP contribution in [0.1, 0.15) is 340 Å². The van der Waals surface area contributed by atoms with E-state index in [0.717, 1.165) is 128 Å². The fraction of sp³-hybridized carbons (Fsp3) is 0.750. The van der Waals surface area contributed by atoms with E-state index in [1.807, 2.05) is 28.2 Å². The molecule has 6 aliphatic heterocycles. The van der Waals surface area contributed by atoms with Gasteiger partial charge in [0.1, 0.15) is 29.1 Å². The highest BCUT2D eigenvalue weighted by Crippen LogP contribution is 2.38. The summed E-state index contributed by atoms with van der Waals surface area (Å²) >= 11 is 5.29. The number of ketones is 1. The molecule has 0 aromatic carbocycles. The van der Waals surface area contributed by atoms with Gasteiger partial charge in [0, 0.05) is 94.5 Å². The van der Waals surface area contributed by atoms with Crippen molar-refractivity contribution in [2.45, 2.75) is 334 Å². The summed E-state index contributed by atoms with van der Waals surface area (Å²) in [5.74, 6) is 12.4. The number of H-pyrrole nitrogens is 1. The molecule has 10 fully saturated rings. The molecule has 10 saturated carbocycles. The number of Topliss-reactive ketones (excluding diaryl/α,β-unsaturated/α-hetero) is 1. The molecule has 0 unspecified atom stereocenters. The van der Waals surface area contributed by atoms with Crippen molar-refractivity contribution in [3.05, 3.63) is 78.4 Å². The number of amides is 2. The first-order valence-corrected chi connectivity index (χ1v) is 49.0. The highest BCUT2D eigenvalue weighted by Gasteiger charge is 2.31. The minimum atomic E-state index is -3.37. The lowest BCUT2D eigenvalue weighted by Crippen LogP contribution is -2.35. The largest absolute Gasteiger partial charge is 0.474 e. The second-order valence-electron chi connectivity index (χ2n) is 33.8. The fourth-order valence-corrected chi connectivity index (χ4v) is 20.8. The summed E-state index contributed by atoms with van der Waals surface area (Å²) in [6.07, 6.45) is 64.6. The third-order valence-corrected chi connectivity index (χ3v) is 27.8. The molecule has 642 valence electrons. The predicted octanol–water partition coefficient (Wildman–Crippen LogP) is 20.9. The van der Waals surface area contributed by atoms with Crippen LogP contribution in [0, 0.1) is 53.3 Å². The molecule has 0 saturated heterocycles. The number of hydrogen-bond acceptors (Lipinski definition) is 23. The summed E-state index contributed by atoms with van der Waals surface area (Å²) in [6, 6.07) is 0. The van der Waals surface area contributed by atoms with Gasteiger partial charge in [0.2, 0.25) is 39.5 Å². The zero-order valence-electron chi connectivity index (χ0n) is 70.4. The van der Waals surface area contributed by atoms with Gasteiger partial charge in [-0.15, -0.1) is 27.1 Å². The Morgan fingerprint density at radius 2 is 0.930 bits per heavy atom. The number of thioether (sulfide) groups is 2. The van der Waals surface area contributed by atoms with E-state index in [1.54, 1.807) is 25.9 Å². The number of hydrogen-bond donors (Lipinski definition) is 6. The van der Waals surface area contributed by atoms with Crippen molar-refractivity contribution in [1.82, 2.24) is 46.3 Å². The van der Waals surface area contributed by atoms with Crippen LogP contribution in [-0.4, -0.2) is 112 Å². The zero-order chi connectivity index (χ0) is 81.8. The van der Waals surface area contributed by atoms with Crippen LogP contribution in [0.5, 0.6) is 0 Å². The Hall–Kier alpha value is -6.06. The molecule has 1 aromatic rings. The average Bonchev–Trinajstić information content (AvgIpc) is 1.69. The Bertz CT molecular complexity index is 3260. The van der Waals surface area contributed by atoms with Crippen molar-refractivity contribution >= 4 is 96.6 Å². The van der Waals surface area contributed by atoms with Gasteiger partial charge in [0.25, 0.3) is 0 Å². The lowest BCUT2D eigenvalue weighted by atomic mass is 9.87. The van der Waals surface area contributed by atoms with Gasteiger partial charge in [-0.05, 0) is 148 Å². The Balaban J connectivity index is 0.000000160. The van der Waals surface area contributed by atoms with Gasteiger partial charge in [-0.2, -0.15) is 10.2 Å². The topological polar surface area (TPSA) is 302 Å². The van der Waals surface area contributed by atoms with Gasteiger partial charge >= 0.3 is 0 Å². The van der Waals surface area contributed by atoms with Crippen molar-refractivity contribution in [3.8, 4) is 0 Å². The maximum absolute atomic E-state index is 11.3. The quantitative estimate of drug-likeness (QED) is 0.112. The summed E-state index contributed by atoms with van der Waals surface area (Å²) in [4.78, 5) is 61.3. The second-order valence-corrected chi connectivity index (χ2v) is 38.6. The predicted molar refractivity (Wildman–Crippen MR) is 476 cm³/mol. The van der Waals surface area contributed by atoms with Crippen LogP contribution >= 0.6 is 35.5 Å². The smallest absolute Gasteiger partial charge is 0.240 e. The van der Waals surface area contributed by atoms with E-state index in [0.29, 0.717) is 65.6 Å². The molecule has 0 bridgehead atoms. The second kappa shape index (κ2) is 53.5. The van der Waals surface area contributed by atoms with E-state index in [9.17, 15) is 22.8 Å². The van der Waals surface area contributed by atoms with Gasteiger partial charge in [-0.25, -0.2) is 29.3 Å². The van der Waals surface area contributed by atoms with Gasteiger partial charge in [0.15, 0.2) is 11.7 Å². The lowest BCUT2D eigenvalue weighted by Gasteiger charge is -2.20. The van der Waals surface area contributed by atoms with E-state index < -0.39 is 10.0 Å². The number of rotatable bonds is 11. The third kappa shape index (κ3) is 36.6. The number of amidine groups is 2. The summed E-state index contributed by atoms with van der Waals surface area (Å²) in [6.45, 7) is 25.9. The van der Waals surface area contributed by atoms with E-state index in [-0.39, 0.29) is 17.7 Å². The van der Waals surface area contributed by atoms with Crippen LogP contribution < -0.4 is 25.7 Å². The molecule has 2 amide bonds. The number of hydrazone groups is 1.